The Bertz CT molecular complexity index is 1120. The molecule has 0 bridgehead atoms. The van der Waals surface area contributed by atoms with Crippen LogP contribution in [0, 0.1) is 0 Å². The van der Waals surface area contributed by atoms with E-state index >= 15 is 0 Å². The van der Waals surface area contributed by atoms with E-state index in [1.54, 1.807) is 6.92 Å². The van der Waals surface area contributed by atoms with E-state index in [0.717, 1.165) is 17.8 Å². The van der Waals surface area contributed by atoms with Crippen molar-refractivity contribution in [2.75, 3.05) is 0 Å². The minimum Gasteiger partial charge on any atom is -0.342 e. The number of para-hydroxylation sites is 1. The van der Waals surface area contributed by atoms with Gasteiger partial charge in [-0.25, -0.2) is 0 Å². The lowest BCUT2D eigenvalue weighted by Crippen LogP contribution is -1.97. The number of fused-ring (bicyclic) bond motifs is 1. The van der Waals surface area contributed by atoms with Crippen LogP contribution < -0.4 is 0 Å². The molecule has 0 spiro atoms. The van der Waals surface area contributed by atoms with Gasteiger partial charge in [0.2, 0.25) is 0 Å². The highest BCUT2D eigenvalue weighted by Gasteiger charge is 2.07. The first-order valence-electron chi connectivity index (χ1n) is 8.97. The predicted octanol–water partition coefficient (Wildman–Crippen LogP) is 5.64. The molecule has 0 aliphatic heterocycles. The van der Waals surface area contributed by atoms with E-state index < -0.39 is 0 Å². The molecule has 4 rings (SSSR count). The second-order valence-electron chi connectivity index (χ2n) is 6.58. The molecule has 0 aliphatic rings. The second-order valence-corrected chi connectivity index (χ2v) is 6.58. The summed E-state index contributed by atoms with van der Waals surface area (Å²) < 4.78 is 2.25. The predicted molar refractivity (Wildman–Crippen MR) is 111 cm³/mol. The fourth-order valence-electron chi connectivity index (χ4n) is 3.24. The molecule has 0 fully saturated rings. The summed E-state index contributed by atoms with van der Waals surface area (Å²) in [6.45, 7) is 2.38. The quantitative estimate of drug-likeness (QED) is 0.338. The highest BCUT2D eigenvalue weighted by atomic mass is 16.1. The minimum absolute atomic E-state index is 0.0477. The molecule has 0 radical (unpaired) electrons. The molecule has 0 atom stereocenters. The van der Waals surface area contributed by atoms with Crippen molar-refractivity contribution in [3.63, 3.8) is 0 Å². The van der Waals surface area contributed by atoms with Crippen molar-refractivity contribution in [3.8, 4) is 0 Å². The highest BCUT2D eigenvalue weighted by Crippen LogP contribution is 2.22. The average molecular weight is 352 g/mol. The van der Waals surface area contributed by atoms with Crippen LogP contribution in [0.1, 0.15) is 28.4 Å². The van der Waals surface area contributed by atoms with E-state index in [-0.39, 0.29) is 5.78 Å². The Balaban J connectivity index is 1.70. The van der Waals surface area contributed by atoms with Crippen LogP contribution in [0.25, 0.3) is 10.9 Å². The van der Waals surface area contributed by atoms with Crippen LogP contribution in [0.3, 0.4) is 0 Å². The van der Waals surface area contributed by atoms with E-state index in [9.17, 15) is 4.79 Å². The third-order valence-electron chi connectivity index (χ3n) is 4.62. The van der Waals surface area contributed by atoms with Crippen LogP contribution in [-0.2, 0) is 6.54 Å². The molecule has 0 unspecified atom stereocenters. The van der Waals surface area contributed by atoms with Gasteiger partial charge >= 0.3 is 0 Å². The van der Waals surface area contributed by atoms with Gasteiger partial charge in [-0.15, -0.1) is 0 Å². The molecule has 3 heteroatoms. The molecule has 3 aromatic carbocycles. The van der Waals surface area contributed by atoms with Crippen LogP contribution >= 0.6 is 0 Å². The normalized spacial score (nSPS) is 11.3. The molecule has 0 saturated carbocycles. The number of Topliss-reactive ketones (excluding diaryl/α,β-unsaturated/α-hetero) is 1. The number of carbonyl (C=O) groups excluding carboxylic acids is 1. The van der Waals surface area contributed by atoms with Gasteiger partial charge in [-0.2, -0.15) is 0 Å². The maximum atomic E-state index is 11.6. The number of nitrogens with zero attached hydrogens (tertiary/aromatic N) is 2. The fraction of sp³-hybridized carbons (Fsp3) is 0.0833. The summed E-state index contributed by atoms with van der Waals surface area (Å²) in [5, 5.41) is 1.17. The first kappa shape index (κ1) is 17.0. The molecule has 0 saturated heterocycles. The number of rotatable bonds is 5. The van der Waals surface area contributed by atoms with Crippen molar-refractivity contribution in [2.24, 2.45) is 4.99 Å². The summed E-state index contributed by atoms with van der Waals surface area (Å²) >= 11 is 0. The molecule has 1 aromatic heterocycles. The van der Waals surface area contributed by atoms with E-state index in [1.807, 2.05) is 42.6 Å². The summed E-state index contributed by atoms with van der Waals surface area (Å²) in [5.41, 5.74) is 4.96. The number of hydrogen-bond acceptors (Lipinski definition) is 2. The molecular formula is C24H20N2O. The van der Waals surface area contributed by atoms with E-state index in [1.165, 1.54) is 16.5 Å². The minimum atomic E-state index is 0.0477. The monoisotopic (exact) mass is 352 g/mol. The number of carbonyl (C=O) groups is 1. The van der Waals surface area contributed by atoms with Crippen LogP contribution in [0.4, 0.5) is 5.69 Å². The lowest BCUT2D eigenvalue weighted by Gasteiger charge is -2.05. The zero-order chi connectivity index (χ0) is 18.6. The van der Waals surface area contributed by atoms with Gasteiger partial charge in [0.15, 0.2) is 5.78 Å². The molecule has 0 aliphatic carbocycles. The first-order valence-corrected chi connectivity index (χ1v) is 8.97. The Labute approximate surface area is 158 Å². The van der Waals surface area contributed by atoms with Crippen molar-refractivity contribution in [1.82, 2.24) is 4.57 Å². The number of benzene rings is 3. The van der Waals surface area contributed by atoms with Gasteiger partial charge in [-0.1, -0.05) is 60.7 Å². The Kier molecular flexibility index (Phi) is 4.67. The first-order chi connectivity index (χ1) is 13.2. The Morgan fingerprint density at radius 1 is 0.963 bits per heavy atom. The summed E-state index contributed by atoms with van der Waals surface area (Å²) in [6, 6.07) is 26.2. The summed E-state index contributed by atoms with van der Waals surface area (Å²) in [4.78, 5) is 16.2. The van der Waals surface area contributed by atoms with Gasteiger partial charge in [0, 0.05) is 41.0 Å². The van der Waals surface area contributed by atoms with Gasteiger partial charge in [0.25, 0.3) is 0 Å². The number of hydrogen-bond donors (Lipinski definition) is 0. The van der Waals surface area contributed by atoms with Crippen LogP contribution in [0.2, 0.25) is 0 Å². The summed E-state index contributed by atoms with van der Waals surface area (Å²) in [5.74, 6) is 0.0477. The Hall–Kier alpha value is -3.46. The van der Waals surface area contributed by atoms with Gasteiger partial charge in [-0.3, -0.25) is 9.79 Å². The standard InChI is InChI=1S/C24H20N2O/c1-18(27)20-10-7-11-22(14-20)25-15-21-17-26(16-19-8-3-2-4-9-19)24-13-6-5-12-23(21)24/h2-15,17H,16H2,1H3. The summed E-state index contributed by atoms with van der Waals surface area (Å²) in [6.07, 6.45) is 4.01. The molecule has 132 valence electrons. The lowest BCUT2D eigenvalue weighted by atomic mass is 10.1. The second kappa shape index (κ2) is 7.42. The third-order valence-corrected chi connectivity index (χ3v) is 4.62. The van der Waals surface area contributed by atoms with Crippen molar-refractivity contribution in [1.29, 1.82) is 0 Å². The van der Waals surface area contributed by atoms with Crippen molar-refractivity contribution >= 4 is 28.6 Å². The van der Waals surface area contributed by atoms with Crippen LogP contribution in [-0.4, -0.2) is 16.6 Å². The van der Waals surface area contributed by atoms with Crippen molar-refractivity contribution < 1.29 is 4.79 Å². The molecular weight excluding hydrogens is 332 g/mol. The Morgan fingerprint density at radius 3 is 2.56 bits per heavy atom. The highest BCUT2D eigenvalue weighted by molar-refractivity contribution is 6.00. The fourth-order valence-corrected chi connectivity index (χ4v) is 3.24. The molecule has 1 heterocycles. The molecule has 0 amide bonds. The Morgan fingerprint density at radius 2 is 1.74 bits per heavy atom. The summed E-state index contributed by atoms with van der Waals surface area (Å²) in [7, 11) is 0. The zero-order valence-electron chi connectivity index (χ0n) is 15.2. The number of aromatic nitrogens is 1. The van der Waals surface area contributed by atoms with Gasteiger partial charge in [0.1, 0.15) is 0 Å². The molecule has 3 nitrogen and oxygen atoms in total. The molecule has 4 aromatic rings. The molecule has 27 heavy (non-hydrogen) atoms. The van der Waals surface area contributed by atoms with Gasteiger partial charge in [-0.05, 0) is 30.7 Å². The maximum Gasteiger partial charge on any atom is 0.159 e. The van der Waals surface area contributed by atoms with E-state index in [0.29, 0.717) is 5.56 Å². The molecule has 0 N–H and O–H groups in total. The van der Waals surface area contributed by atoms with Crippen LogP contribution in [0.5, 0.6) is 0 Å². The lowest BCUT2D eigenvalue weighted by molar-refractivity contribution is 0.101. The smallest absolute Gasteiger partial charge is 0.159 e. The van der Waals surface area contributed by atoms with Gasteiger partial charge < -0.3 is 4.57 Å². The van der Waals surface area contributed by atoms with Crippen LogP contribution in [0.15, 0.2) is 90.1 Å². The van der Waals surface area contributed by atoms with Gasteiger partial charge in [0.05, 0.1) is 5.69 Å². The van der Waals surface area contributed by atoms with E-state index in [4.69, 9.17) is 0 Å². The zero-order valence-corrected chi connectivity index (χ0v) is 15.2. The largest absolute Gasteiger partial charge is 0.342 e. The van der Waals surface area contributed by atoms with E-state index in [2.05, 4.69) is 58.2 Å². The number of ketones is 1. The SMILES string of the molecule is CC(=O)c1cccc(N=Cc2cn(Cc3ccccc3)c3ccccc23)c1. The van der Waals surface area contributed by atoms with Crippen molar-refractivity contribution in [3.05, 3.63) is 102 Å². The van der Waals surface area contributed by atoms with Crippen molar-refractivity contribution in [2.45, 2.75) is 13.5 Å². The number of aliphatic imine (C=N–C) groups is 1. The third kappa shape index (κ3) is 3.72. The topological polar surface area (TPSA) is 34.4 Å². The average Bonchev–Trinajstić information content (AvgIpc) is 3.05. The maximum absolute atomic E-state index is 11.6.